The lowest BCUT2D eigenvalue weighted by Crippen LogP contribution is -2.25. The zero-order valence-corrected chi connectivity index (χ0v) is 13.2. The van der Waals surface area contributed by atoms with Gasteiger partial charge < -0.3 is 5.32 Å². The van der Waals surface area contributed by atoms with Crippen LogP contribution in [-0.2, 0) is 6.42 Å². The maximum absolute atomic E-state index is 4.68. The van der Waals surface area contributed by atoms with E-state index >= 15 is 0 Å². The van der Waals surface area contributed by atoms with Gasteiger partial charge in [-0.15, -0.1) is 0 Å². The molecule has 0 radical (unpaired) electrons. The molecule has 0 bridgehead atoms. The minimum atomic E-state index is 0.166. The van der Waals surface area contributed by atoms with E-state index in [4.69, 9.17) is 0 Å². The van der Waals surface area contributed by atoms with Crippen molar-refractivity contribution in [3.05, 3.63) is 42.2 Å². The van der Waals surface area contributed by atoms with Gasteiger partial charge in [0, 0.05) is 37.3 Å². The molecule has 0 spiro atoms. The summed E-state index contributed by atoms with van der Waals surface area (Å²) in [6, 6.07) is 2.71. The molecule has 2 unspecified atom stereocenters. The molecule has 0 aromatic carbocycles. The fraction of sp³-hybridized carbons (Fsp3) is 0.562. The zero-order valence-electron chi connectivity index (χ0n) is 13.2. The molecule has 1 N–H and O–H groups in total. The normalized spacial score (nSPS) is 14.0. The smallest absolute Gasteiger partial charge is 0.0760 e. The summed E-state index contributed by atoms with van der Waals surface area (Å²) in [6.45, 7) is 7.50. The van der Waals surface area contributed by atoms with E-state index in [2.05, 4.69) is 53.4 Å². The van der Waals surface area contributed by atoms with Crippen LogP contribution in [0.3, 0.4) is 0 Å². The first kappa shape index (κ1) is 15.6. The second kappa shape index (κ2) is 7.88. The SMILES string of the molecule is CCCNC(Cc1ccn(C(C)CC)n1)c1cnccn1. The van der Waals surface area contributed by atoms with Crippen LogP contribution in [0.4, 0.5) is 0 Å². The molecule has 21 heavy (non-hydrogen) atoms. The van der Waals surface area contributed by atoms with E-state index in [0.717, 1.165) is 37.2 Å². The van der Waals surface area contributed by atoms with Crippen LogP contribution in [0.1, 0.15) is 57.1 Å². The lowest BCUT2D eigenvalue weighted by atomic mass is 10.1. The van der Waals surface area contributed by atoms with Gasteiger partial charge in [0.2, 0.25) is 0 Å². The summed E-state index contributed by atoms with van der Waals surface area (Å²) in [7, 11) is 0. The molecular formula is C16H25N5. The van der Waals surface area contributed by atoms with Gasteiger partial charge in [0.15, 0.2) is 0 Å². The highest BCUT2D eigenvalue weighted by Gasteiger charge is 2.15. The fourth-order valence-corrected chi connectivity index (χ4v) is 2.22. The Morgan fingerprint density at radius 1 is 1.29 bits per heavy atom. The van der Waals surface area contributed by atoms with Gasteiger partial charge in [0.1, 0.15) is 0 Å². The molecular weight excluding hydrogens is 262 g/mol. The Labute approximate surface area is 126 Å². The van der Waals surface area contributed by atoms with Crippen LogP contribution in [0.15, 0.2) is 30.9 Å². The molecule has 0 fully saturated rings. The molecule has 114 valence electrons. The Bertz CT molecular complexity index is 522. The summed E-state index contributed by atoms with van der Waals surface area (Å²) in [6.07, 6.45) is 10.4. The number of nitrogens with zero attached hydrogens (tertiary/aromatic N) is 4. The van der Waals surface area contributed by atoms with Crippen molar-refractivity contribution in [3.63, 3.8) is 0 Å². The van der Waals surface area contributed by atoms with E-state index in [9.17, 15) is 0 Å². The lowest BCUT2D eigenvalue weighted by Gasteiger charge is -2.16. The van der Waals surface area contributed by atoms with Gasteiger partial charge in [-0.3, -0.25) is 14.6 Å². The quantitative estimate of drug-likeness (QED) is 0.811. The summed E-state index contributed by atoms with van der Waals surface area (Å²) in [4.78, 5) is 8.60. The van der Waals surface area contributed by atoms with Gasteiger partial charge in [-0.2, -0.15) is 5.10 Å². The summed E-state index contributed by atoms with van der Waals surface area (Å²) >= 11 is 0. The van der Waals surface area contributed by atoms with Gasteiger partial charge >= 0.3 is 0 Å². The van der Waals surface area contributed by atoms with Crippen molar-refractivity contribution in [3.8, 4) is 0 Å². The topological polar surface area (TPSA) is 55.6 Å². The monoisotopic (exact) mass is 287 g/mol. The second-order valence-corrected chi connectivity index (χ2v) is 5.39. The molecule has 0 saturated heterocycles. The predicted molar refractivity (Wildman–Crippen MR) is 84.0 cm³/mol. The third-order valence-corrected chi connectivity index (χ3v) is 3.70. The molecule has 0 saturated carbocycles. The van der Waals surface area contributed by atoms with E-state index < -0.39 is 0 Å². The highest BCUT2D eigenvalue weighted by molar-refractivity contribution is 5.09. The standard InChI is InChI=1S/C16H25N5/c1-4-7-18-15(16-12-17-8-9-19-16)11-14-6-10-21(20-14)13(3)5-2/h6,8-10,12-13,15,18H,4-5,7,11H2,1-3H3. The minimum absolute atomic E-state index is 0.166. The van der Waals surface area contributed by atoms with Crippen molar-refractivity contribution in [2.24, 2.45) is 0 Å². The van der Waals surface area contributed by atoms with Crippen LogP contribution in [0.2, 0.25) is 0 Å². The van der Waals surface area contributed by atoms with Crippen molar-refractivity contribution in [1.82, 2.24) is 25.1 Å². The van der Waals surface area contributed by atoms with Crippen LogP contribution in [0, 0.1) is 0 Å². The van der Waals surface area contributed by atoms with Gasteiger partial charge in [-0.1, -0.05) is 13.8 Å². The Morgan fingerprint density at radius 3 is 2.81 bits per heavy atom. The molecule has 5 heteroatoms. The molecule has 0 aliphatic carbocycles. The van der Waals surface area contributed by atoms with E-state index in [0.29, 0.717) is 6.04 Å². The predicted octanol–water partition coefficient (Wildman–Crippen LogP) is 2.93. The van der Waals surface area contributed by atoms with Gasteiger partial charge in [-0.05, 0) is 32.4 Å². The van der Waals surface area contributed by atoms with E-state index in [1.54, 1.807) is 12.4 Å². The summed E-state index contributed by atoms with van der Waals surface area (Å²) in [5, 5.41) is 8.22. The number of rotatable bonds is 8. The number of hydrogen-bond donors (Lipinski definition) is 1. The molecule has 2 aromatic heterocycles. The van der Waals surface area contributed by atoms with Gasteiger partial charge in [0.05, 0.1) is 17.4 Å². The molecule has 2 rings (SSSR count). The Kier molecular flexibility index (Phi) is 5.87. The van der Waals surface area contributed by atoms with Crippen molar-refractivity contribution in [2.75, 3.05) is 6.54 Å². The second-order valence-electron chi connectivity index (χ2n) is 5.39. The first-order valence-corrected chi connectivity index (χ1v) is 7.77. The first-order chi connectivity index (χ1) is 10.2. The maximum Gasteiger partial charge on any atom is 0.0760 e. The molecule has 0 aliphatic rings. The minimum Gasteiger partial charge on any atom is -0.308 e. The molecule has 5 nitrogen and oxygen atoms in total. The maximum atomic E-state index is 4.68. The highest BCUT2D eigenvalue weighted by Crippen LogP contribution is 2.16. The van der Waals surface area contributed by atoms with Crippen molar-refractivity contribution >= 4 is 0 Å². The molecule has 2 heterocycles. The molecule has 2 aromatic rings. The van der Waals surface area contributed by atoms with Crippen molar-refractivity contribution in [2.45, 2.75) is 52.1 Å². The Balaban J connectivity index is 2.09. The van der Waals surface area contributed by atoms with Crippen LogP contribution < -0.4 is 5.32 Å². The average Bonchev–Trinajstić information content (AvgIpc) is 3.00. The number of nitrogens with one attached hydrogen (secondary N) is 1. The third kappa shape index (κ3) is 4.36. The van der Waals surface area contributed by atoms with Crippen LogP contribution in [0.5, 0.6) is 0 Å². The number of hydrogen-bond acceptors (Lipinski definition) is 4. The largest absolute Gasteiger partial charge is 0.308 e. The highest BCUT2D eigenvalue weighted by atomic mass is 15.3. The molecule has 0 aliphatic heterocycles. The van der Waals surface area contributed by atoms with E-state index in [-0.39, 0.29) is 6.04 Å². The summed E-state index contributed by atoms with van der Waals surface area (Å²) < 4.78 is 2.04. The lowest BCUT2D eigenvalue weighted by molar-refractivity contribution is 0.463. The summed E-state index contributed by atoms with van der Waals surface area (Å²) in [5.41, 5.74) is 2.07. The van der Waals surface area contributed by atoms with Crippen LogP contribution in [-0.4, -0.2) is 26.3 Å². The van der Waals surface area contributed by atoms with Crippen molar-refractivity contribution < 1.29 is 0 Å². The fourth-order valence-electron chi connectivity index (χ4n) is 2.22. The van der Waals surface area contributed by atoms with Crippen LogP contribution >= 0.6 is 0 Å². The first-order valence-electron chi connectivity index (χ1n) is 7.77. The van der Waals surface area contributed by atoms with Crippen molar-refractivity contribution in [1.29, 1.82) is 0 Å². The molecule has 0 amide bonds. The summed E-state index contributed by atoms with van der Waals surface area (Å²) in [5.74, 6) is 0. The van der Waals surface area contributed by atoms with Gasteiger partial charge in [-0.25, -0.2) is 0 Å². The van der Waals surface area contributed by atoms with E-state index in [1.807, 2.05) is 10.9 Å². The Morgan fingerprint density at radius 2 is 2.14 bits per heavy atom. The average molecular weight is 287 g/mol. The zero-order chi connectivity index (χ0) is 15.1. The molecule has 2 atom stereocenters. The van der Waals surface area contributed by atoms with E-state index in [1.165, 1.54) is 0 Å². The Hall–Kier alpha value is -1.75. The van der Waals surface area contributed by atoms with Gasteiger partial charge in [0.25, 0.3) is 0 Å². The number of aromatic nitrogens is 4. The van der Waals surface area contributed by atoms with Crippen LogP contribution in [0.25, 0.3) is 0 Å². The third-order valence-electron chi connectivity index (χ3n) is 3.70.